The second-order valence-electron chi connectivity index (χ2n) is 6.66. The van der Waals surface area contributed by atoms with Crippen LogP contribution in [-0.2, 0) is 17.6 Å². The monoisotopic (exact) mass is 411 g/mol. The lowest BCUT2D eigenvalue weighted by Crippen LogP contribution is -2.23. The molecule has 1 atom stereocenters. The summed E-state index contributed by atoms with van der Waals surface area (Å²) in [5.74, 6) is -0.0580. The van der Waals surface area contributed by atoms with Crippen LogP contribution in [0, 0.1) is 0 Å². The third-order valence-electron chi connectivity index (χ3n) is 4.44. The second-order valence-corrected chi connectivity index (χ2v) is 6.66. The van der Waals surface area contributed by atoms with Gasteiger partial charge in [0.1, 0.15) is 0 Å². The smallest absolute Gasteiger partial charge is 0.228 e. The fourth-order valence-corrected chi connectivity index (χ4v) is 2.91. The molecule has 0 fully saturated rings. The lowest BCUT2D eigenvalue weighted by Gasteiger charge is -2.12. The van der Waals surface area contributed by atoms with E-state index in [1.54, 1.807) is 12.4 Å². The van der Waals surface area contributed by atoms with Crippen LogP contribution in [0.4, 0.5) is 5.69 Å². The molecule has 2 aromatic carbocycles. The van der Waals surface area contributed by atoms with Crippen LogP contribution in [0.2, 0.25) is 0 Å². The number of carbonyl (C=O) groups is 1. The molecule has 0 unspecified atom stereocenters. The molecule has 1 heterocycles. The molecule has 3 aromatic rings. The first-order valence-electron chi connectivity index (χ1n) is 9.42. The lowest BCUT2D eigenvalue weighted by molar-refractivity contribution is -0.115. The molecular formula is C23H26ClN3O2. The summed E-state index contributed by atoms with van der Waals surface area (Å²) in [6, 6.07) is 21.2. The van der Waals surface area contributed by atoms with Crippen LogP contribution in [0.15, 0.2) is 79.1 Å². The minimum atomic E-state index is -0.501. The third-order valence-corrected chi connectivity index (χ3v) is 4.44. The molecule has 0 saturated carbocycles. The van der Waals surface area contributed by atoms with Gasteiger partial charge in [0.15, 0.2) is 0 Å². The maximum atomic E-state index is 12.1. The number of aromatic nitrogens is 1. The predicted molar refractivity (Wildman–Crippen MR) is 118 cm³/mol. The molecule has 0 saturated heterocycles. The van der Waals surface area contributed by atoms with Crippen LogP contribution in [-0.4, -0.2) is 29.1 Å². The van der Waals surface area contributed by atoms with Gasteiger partial charge >= 0.3 is 0 Å². The Labute approximate surface area is 177 Å². The van der Waals surface area contributed by atoms with Crippen molar-refractivity contribution in [2.75, 3.05) is 18.4 Å². The number of nitrogens with one attached hydrogen (secondary N) is 2. The first kappa shape index (κ1) is 22.6. The molecule has 152 valence electrons. The Morgan fingerprint density at radius 2 is 1.72 bits per heavy atom. The third kappa shape index (κ3) is 7.66. The van der Waals surface area contributed by atoms with Crippen LogP contribution in [0.25, 0.3) is 0 Å². The molecule has 0 aliphatic heterocycles. The maximum Gasteiger partial charge on any atom is 0.228 e. The summed E-state index contributed by atoms with van der Waals surface area (Å²) in [4.78, 5) is 16.1. The Morgan fingerprint density at radius 1 is 0.966 bits per heavy atom. The van der Waals surface area contributed by atoms with Gasteiger partial charge in [0.25, 0.3) is 0 Å². The molecule has 1 aromatic heterocycles. The van der Waals surface area contributed by atoms with Crippen molar-refractivity contribution in [3.63, 3.8) is 0 Å². The van der Waals surface area contributed by atoms with Crippen LogP contribution < -0.4 is 10.6 Å². The lowest BCUT2D eigenvalue weighted by atomic mass is 10.1. The van der Waals surface area contributed by atoms with Crippen molar-refractivity contribution in [3.8, 4) is 0 Å². The first-order chi connectivity index (χ1) is 13.7. The fourth-order valence-electron chi connectivity index (χ4n) is 2.91. The number of nitrogens with zero attached hydrogens (tertiary/aromatic N) is 1. The first-order valence-corrected chi connectivity index (χ1v) is 9.42. The van der Waals surface area contributed by atoms with Gasteiger partial charge in [-0.3, -0.25) is 9.78 Å². The second kappa shape index (κ2) is 12.0. The van der Waals surface area contributed by atoms with Gasteiger partial charge in [0, 0.05) is 24.6 Å². The summed E-state index contributed by atoms with van der Waals surface area (Å²) in [5, 5.41) is 16.3. The van der Waals surface area contributed by atoms with Crippen molar-refractivity contribution in [2.24, 2.45) is 0 Å². The Hall–Kier alpha value is -2.73. The van der Waals surface area contributed by atoms with E-state index in [1.807, 2.05) is 66.7 Å². The van der Waals surface area contributed by atoms with E-state index in [2.05, 4.69) is 15.6 Å². The highest BCUT2D eigenvalue weighted by atomic mass is 35.5. The zero-order valence-corrected chi connectivity index (χ0v) is 16.9. The summed E-state index contributed by atoms with van der Waals surface area (Å²) >= 11 is 0. The number of pyridine rings is 1. The highest BCUT2D eigenvalue weighted by Gasteiger charge is 2.06. The van der Waals surface area contributed by atoms with E-state index in [0.717, 1.165) is 29.8 Å². The molecule has 5 nitrogen and oxygen atoms in total. The van der Waals surface area contributed by atoms with Crippen molar-refractivity contribution in [2.45, 2.75) is 18.9 Å². The van der Waals surface area contributed by atoms with Crippen LogP contribution in [0.5, 0.6) is 0 Å². The zero-order chi connectivity index (χ0) is 19.6. The number of anilines is 1. The van der Waals surface area contributed by atoms with Gasteiger partial charge in [0.2, 0.25) is 5.91 Å². The number of benzene rings is 2. The standard InChI is InChI=1S/C23H25N3O2.ClH/c27-22(20-6-2-1-3-7-20)17-25-14-12-18-8-10-21(11-9-18)26-23(28)15-19-5-4-13-24-16-19;/h1-11,13,16,22,25,27H,12,14-15,17H2,(H,26,28);1H/t22-;/m0./s1. The van der Waals surface area contributed by atoms with Gasteiger partial charge < -0.3 is 15.7 Å². The van der Waals surface area contributed by atoms with E-state index in [1.165, 1.54) is 5.56 Å². The topological polar surface area (TPSA) is 74.2 Å². The quantitative estimate of drug-likeness (QED) is 0.471. The van der Waals surface area contributed by atoms with E-state index in [4.69, 9.17) is 0 Å². The fraction of sp³-hybridized carbons (Fsp3) is 0.217. The average Bonchev–Trinajstić information content (AvgIpc) is 2.73. The predicted octanol–water partition coefficient (Wildman–Crippen LogP) is 3.55. The van der Waals surface area contributed by atoms with Crippen LogP contribution in [0.1, 0.15) is 22.8 Å². The highest BCUT2D eigenvalue weighted by Crippen LogP contribution is 2.12. The molecule has 0 aliphatic rings. The van der Waals surface area contributed by atoms with Crippen molar-refractivity contribution in [1.29, 1.82) is 0 Å². The number of halogens is 1. The largest absolute Gasteiger partial charge is 0.387 e. The molecule has 29 heavy (non-hydrogen) atoms. The molecular weight excluding hydrogens is 386 g/mol. The zero-order valence-electron chi connectivity index (χ0n) is 16.1. The summed E-state index contributed by atoms with van der Waals surface area (Å²) in [6.45, 7) is 1.29. The molecule has 0 bridgehead atoms. The van der Waals surface area contributed by atoms with Gasteiger partial charge in [-0.05, 0) is 47.9 Å². The average molecular weight is 412 g/mol. The SMILES string of the molecule is Cl.O=C(Cc1cccnc1)Nc1ccc(CCNC[C@H](O)c2ccccc2)cc1. The summed E-state index contributed by atoms with van der Waals surface area (Å²) in [5.41, 5.74) is 3.76. The molecule has 3 rings (SSSR count). The number of aliphatic hydroxyl groups excluding tert-OH is 1. The van der Waals surface area contributed by atoms with Crippen LogP contribution in [0.3, 0.4) is 0 Å². The van der Waals surface area contributed by atoms with E-state index < -0.39 is 6.10 Å². The van der Waals surface area contributed by atoms with E-state index in [-0.39, 0.29) is 18.3 Å². The number of carbonyl (C=O) groups excluding carboxylic acids is 1. The minimum absolute atomic E-state index is 0. The molecule has 1 amide bonds. The van der Waals surface area contributed by atoms with Gasteiger partial charge in [-0.2, -0.15) is 0 Å². The van der Waals surface area contributed by atoms with Crippen molar-refractivity contribution in [1.82, 2.24) is 10.3 Å². The summed E-state index contributed by atoms with van der Waals surface area (Å²) in [6.07, 6.45) is 4.05. The summed E-state index contributed by atoms with van der Waals surface area (Å²) in [7, 11) is 0. The van der Waals surface area contributed by atoms with Gasteiger partial charge in [-0.25, -0.2) is 0 Å². The number of aliphatic hydroxyl groups is 1. The van der Waals surface area contributed by atoms with Crippen LogP contribution >= 0.6 is 12.4 Å². The Bertz CT molecular complexity index is 858. The number of hydrogen-bond donors (Lipinski definition) is 3. The Balaban J connectivity index is 0.00000300. The molecule has 0 spiro atoms. The van der Waals surface area contributed by atoms with Gasteiger partial charge in [-0.1, -0.05) is 48.5 Å². The van der Waals surface area contributed by atoms with Crippen molar-refractivity contribution < 1.29 is 9.90 Å². The van der Waals surface area contributed by atoms with Crippen molar-refractivity contribution >= 4 is 24.0 Å². The van der Waals surface area contributed by atoms with Gasteiger partial charge in [-0.15, -0.1) is 12.4 Å². The summed E-state index contributed by atoms with van der Waals surface area (Å²) < 4.78 is 0. The van der Waals surface area contributed by atoms with Gasteiger partial charge in [0.05, 0.1) is 12.5 Å². The van der Waals surface area contributed by atoms with E-state index in [9.17, 15) is 9.90 Å². The maximum absolute atomic E-state index is 12.1. The highest BCUT2D eigenvalue weighted by molar-refractivity contribution is 5.92. The normalized spacial score (nSPS) is 11.3. The number of rotatable bonds is 9. The molecule has 3 N–H and O–H groups in total. The van der Waals surface area contributed by atoms with E-state index in [0.29, 0.717) is 13.0 Å². The molecule has 6 heteroatoms. The van der Waals surface area contributed by atoms with E-state index >= 15 is 0 Å². The molecule has 0 aliphatic carbocycles. The number of hydrogen-bond acceptors (Lipinski definition) is 4. The van der Waals surface area contributed by atoms with Crippen molar-refractivity contribution in [3.05, 3.63) is 95.8 Å². The Kier molecular flexibility index (Phi) is 9.31. The Morgan fingerprint density at radius 3 is 2.41 bits per heavy atom. The molecule has 0 radical (unpaired) electrons. The number of amides is 1. The minimum Gasteiger partial charge on any atom is -0.387 e.